The summed E-state index contributed by atoms with van der Waals surface area (Å²) in [6.07, 6.45) is 1.60. The van der Waals surface area contributed by atoms with Gasteiger partial charge in [-0.3, -0.25) is 4.79 Å². The highest BCUT2D eigenvalue weighted by Crippen LogP contribution is 2.23. The summed E-state index contributed by atoms with van der Waals surface area (Å²) in [5.41, 5.74) is 1.81. The van der Waals surface area contributed by atoms with Gasteiger partial charge in [-0.1, -0.05) is 30.3 Å². The maximum Gasteiger partial charge on any atom is 0.166 e. The standard InChI is InChI=1S/C12H11NO2/c14-8-11-10(6-7-13-11)12(15)9-4-2-1-3-5-9/h1-8,12-13,15H. The molecule has 0 fully saturated rings. The fraction of sp³-hybridized carbons (Fsp3) is 0.0833. The molecule has 0 saturated carbocycles. The highest BCUT2D eigenvalue weighted by atomic mass is 16.3. The van der Waals surface area contributed by atoms with Gasteiger partial charge in [0.25, 0.3) is 0 Å². The van der Waals surface area contributed by atoms with Crippen molar-refractivity contribution >= 4 is 6.29 Å². The van der Waals surface area contributed by atoms with Crippen LogP contribution in [0.3, 0.4) is 0 Å². The van der Waals surface area contributed by atoms with Crippen LogP contribution in [0.4, 0.5) is 0 Å². The Bertz CT molecular complexity index is 448. The smallest absolute Gasteiger partial charge is 0.166 e. The lowest BCUT2D eigenvalue weighted by Gasteiger charge is -2.09. The lowest BCUT2D eigenvalue weighted by molar-refractivity contribution is 0.111. The van der Waals surface area contributed by atoms with Crippen LogP contribution < -0.4 is 0 Å². The zero-order valence-electron chi connectivity index (χ0n) is 8.05. The molecule has 0 amide bonds. The van der Waals surface area contributed by atoms with Crippen LogP contribution in [-0.2, 0) is 0 Å². The molecule has 0 radical (unpaired) electrons. The summed E-state index contributed by atoms with van der Waals surface area (Å²) in [6, 6.07) is 10.9. The van der Waals surface area contributed by atoms with Crippen molar-refractivity contribution in [2.75, 3.05) is 0 Å². The van der Waals surface area contributed by atoms with Crippen molar-refractivity contribution in [3.8, 4) is 0 Å². The quantitative estimate of drug-likeness (QED) is 0.745. The second-order valence-corrected chi connectivity index (χ2v) is 3.28. The number of benzene rings is 1. The van der Waals surface area contributed by atoms with E-state index in [4.69, 9.17) is 0 Å². The Morgan fingerprint density at radius 3 is 2.60 bits per heavy atom. The van der Waals surface area contributed by atoms with Gasteiger partial charge in [-0.15, -0.1) is 0 Å². The number of aromatic amines is 1. The van der Waals surface area contributed by atoms with E-state index in [2.05, 4.69) is 4.98 Å². The van der Waals surface area contributed by atoms with E-state index in [1.165, 1.54) is 0 Å². The topological polar surface area (TPSA) is 53.1 Å². The molecule has 1 heterocycles. The number of hydrogen-bond acceptors (Lipinski definition) is 2. The molecule has 1 unspecified atom stereocenters. The summed E-state index contributed by atoms with van der Waals surface area (Å²) in [7, 11) is 0. The largest absolute Gasteiger partial charge is 0.384 e. The lowest BCUT2D eigenvalue weighted by atomic mass is 10.0. The highest BCUT2D eigenvalue weighted by molar-refractivity contribution is 5.75. The Morgan fingerprint density at radius 1 is 1.20 bits per heavy atom. The zero-order valence-corrected chi connectivity index (χ0v) is 8.05. The van der Waals surface area contributed by atoms with Crippen LogP contribution in [0.2, 0.25) is 0 Å². The predicted molar refractivity (Wildman–Crippen MR) is 56.7 cm³/mol. The summed E-state index contributed by atoms with van der Waals surface area (Å²) >= 11 is 0. The number of aromatic nitrogens is 1. The highest BCUT2D eigenvalue weighted by Gasteiger charge is 2.14. The lowest BCUT2D eigenvalue weighted by Crippen LogP contribution is -2.01. The Morgan fingerprint density at radius 2 is 1.93 bits per heavy atom. The number of aliphatic hydroxyl groups excluding tert-OH is 1. The van der Waals surface area contributed by atoms with E-state index in [1.54, 1.807) is 12.3 Å². The van der Waals surface area contributed by atoms with Gasteiger partial charge in [0.15, 0.2) is 6.29 Å². The normalized spacial score (nSPS) is 12.3. The first-order chi connectivity index (χ1) is 7.33. The van der Waals surface area contributed by atoms with Gasteiger partial charge in [0.1, 0.15) is 6.10 Å². The predicted octanol–water partition coefficient (Wildman–Crippen LogP) is 1.91. The SMILES string of the molecule is O=Cc1[nH]ccc1C(O)c1ccccc1. The summed E-state index contributed by atoms with van der Waals surface area (Å²) in [5, 5.41) is 10.0. The minimum absolute atomic E-state index is 0.423. The summed E-state index contributed by atoms with van der Waals surface area (Å²) in [4.78, 5) is 13.5. The first-order valence-electron chi connectivity index (χ1n) is 4.68. The molecule has 76 valence electrons. The molecular formula is C12H11NO2. The molecule has 0 aliphatic carbocycles. The molecular weight excluding hydrogens is 190 g/mol. The number of carbonyl (C=O) groups excluding carboxylic acids is 1. The Labute approximate surface area is 87.4 Å². The minimum atomic E-state index is -0.752. The molecule has 15 heavy (non-hydrogen) atoms. The summed E-state index contributed by atoms with van der Waals surface area (Å²) in [5.74, 6) is 0. The minimum Gasteiger partial charge on any atom is -0.384 e. The van der Waals surface area contributed by atoms with E-state index in [0.29, 0.717) is 17.5 Å². The molecule has 2 rings (SSSR count). The van der Waals surface area contributed by atoms with E-state index < -0.39 is 6.10 Å². The van der Waals surface area contributed by atoms with Crippen LogP contribution in [0.15, 0.2) is 42.6 Å². The molecule has 0 saturated heterocycles. The van der Waals surface area contributed by atoms with Crippen molar-refractivity contribution in [2.45, 2.75) is 6.10 Å². The van der Waals surface area contributed by atoms with Gasteiger partial charge >= 0.3 is 0 Å². The summed E-state index contributed by atoms with van der Waals surface area (Å²) < 4.78 is 0. The molecule has 2 N–H and O–H groups in total. The average molecular weight is 201 g/mol. The molecule has 0 aliphatic rings. The van der Waals surface area contributed by atoms with Crippen molar-refractivity contribution in [3.63, 3.8) is 0 Å². The fourth-order valence-corrected chi connectivity index (χ4v) is 1.55. The third-order valence-electron chi connectivity index (χ3n) is 2.34. The molecule has 1 atom stereocenters. The van der Waals surface area contributed by atoms with E-state index in [1.807, 2.05) is 30.3 Å². The van der Waals surface area contributed by atoms with E-state index in [-0.39, 0.29) is 0 Å². The zero-order chi connectivity index (χ0) is 10.7. The number of hydrogen-bond donors (Lipinski definition) is 2. The van der Waals surface area contributed by atoms with Crippen LogP contribution >= 0.6 is 0 Å². The van der Waals surface area contributed by atoms with Crippen LogP contribution in [0.25, 0.3) is 0 Å². The Hall–Kier alpha value is -1.87. The summed E-state index contributed by atoms with van der Waals surface area (Å²) in [6.45, 7) is 0. The van der Waals surface area contributed by atoms with Gasteiger partial charge in [0, 0.05) is 11.8 Å². The number of nitrogens with one attached hydrogen (secondary N) is 1. The van der Waals surface area contributed by atoms with E-state index >= 15 is 0 Å². The monoisotopic (exact) mass is 201 g/mol. The van der Waals surface area contributed by atoms with Gasteiger partial charge in [-0.2, -0.15) is 0 Å². The van der Waals surface area contributed by atoms with Crippen LogP contribution in [0, 0.1) is 0 Å². The first kappa shape index (κ1) is 9.68. The van der Waals surface area contributed by atoms with Crippen LogP contribution in [0.5, 0.6) is 0 Å². The molecule has 1 aromatic heterocycles. The van der Waals surface area contributed by atoms with Crippen molar-refractivity contribution in [1.29, 1.82) is 0 Å². The number of H-pyrrole nitrogens is 1. The first-order valence-corrected chi connectivity index (χ1v) is 4.68. The van der Waals surface area contributed by atoms with Crippen molar-refractivity contribution < 1.29 is 9.90 Å². The molecule has 3 nitrogen and oxygen atoms in total. The maximum atomic E-state index is 10.7. The molecule has 0 spiro atoms. The molecule has 2 aromatic rings. The Balaban J connectivity index is 2.36. The second kappa shape index (κ2) is 4.11. The van der Waals surface area contributed by atoms with Crippen molar-refractivity contribution in [2.24, 2.45) is 0 Å². The molecule has 3 heteroatoms. The third-order valence-corrected chi connectivity index (χ3v) is 2.34. The maximum absolute atomic E-state index is 10.7. The van der Waals surface area contributed by atoms with Crippen molar-refractivity contribution in [3.05, 3.63) is 59.4 Å². The molecule has 1 aromatic carbocycles. The number of carbonyl (C=O) groups is 1. The number of aliphatic hydroxyl groups is 1. The van der Waals surface area contributed by atoms with Crippen LogP contribution in [-0.4, -0.2) is 16.4 Å². The van der Waals surface area contributed by atoms with E-state index in [9.17, 15) is 9.90 Å². The molecule has 0 bridgehead atoms. The van der Waals surface area contributed by atoms with E-state index in [0.717, 1.165) is 5.56 Å². The Kier molecular flexibility index (Phi) is 2.65. The third kappa shape index (κ3) is 1.82. The average Bonchev–Trinajstić information content (AvgIpc) is 2.77. The fourth-order valence-electron chi connectivity index (χ4n) is 1.55. The van der Waals surface area contributed by atoms with Gasteiger partial charge in [-0.25, -0.2) is 0 Å². The number of aldehydes is 1. The van der Waals surface area contributed by atoms with Gasteiger partial charge in [0.2, 0.25) is 0 Å². The second-order valence-electron chi connectivity index (χ2n) is 3.28. The van der Waals surface area contributed by atoms with Gasteiger partial charge < -0.3 is 10.1 Å². The van der Waals surface area contributed by atoms with Gasteiger partial charge in [-0.05, 0) is 11.6 Å². The molecule has 0 aliphatic heterocycles. The van der Waals surface area contributed by atoms with Crippen molar-refractivity contribution in [1.82, 2.24) is 4.98 Å². The van der Waals surface area contributed by atoms with Crippen LogP contribution in [0.1, 0.15) is 27.7 Å². The van der Waals surface area contributed by atoms with Gasteiger partial charge in [0.05, 0.1) is 5.69 Å². The number of rotatable bonds is 3.